The fourth-order valence-corrected chi connectivity index (χ4v) is 2.69. The van der Waals surface area contributed by atoms with Crippen LogP contribution < -0.4 is 4.74 Å². The maximum absolute atomic E-state index is 12.2. The van der Waals surface area contributed by atoms with Crippen LogP contribution in [0.25, 0.3) is 5.65 Å². The standard InChI is InChI=1S/C17H13N5O5/c1-26-14-8-6-12-18-19-13(21(12)20-14)7-9-15(23)27-22-16(24)10-4-2-3-5-11(10)17(22)25/h2-6,8H,7,9H2,1H3. The zero-order chi connectivity index (χ0) is 19.0. The van der Waals surface area contributed by atoms with Crippen LogP contribution in [0.4, 0.5) is 0 Å². The largest absolute Gasteiger partial charge is 0.480 e. The van der Waals surface area contributed by atoms with E-state index in [0.717, 1.165) is 0 Å². The van der Waals surface area contributed by atoms with E-state index in [4.69, 9.17) is 9.57 Å². The van der Waals surface area contributed by atoms with Crippen LogP contribution in [-0.4, -0.2) is 49.8 Å². The number of imide groups is 1. The van der Waals surface area contributed by atoms with E-state index in [9.17, 15) is 14.4 Å². The summed E-state index contributed by atoms with van der Waals surface area (Å²) in [4.78, 5) is 41.5. The lowest BCUT2D eigenvalue weighted by Crippen LogP contribution is -2.32. The molecule has 0 bridgehead atoms. The number of amides is 2. The van der Waals surface area contributed by atoms with E-state index < -0.39 is 17.8 Å². The van der Waals surface area contributed by atoms with E-state index >= 15 is 0 Å². The number of hydrogen-bond donors (Lipinski definition) is 0. The number of aryl methyl sites for hydroxylation is 1. The van der Waals surface area contributed by atoms with Crippen molar-refractivity contribution in [3.63, 3.8) is 0 Å². The summed E-state index contributed by atoms with van der Waals surface area (Å²) in [7, 11) is 1.48. The Morgan fingerprint density at radius 1 is 1.04 bits per heavy atom. The number of nitrogens with zero attached hydrogens (tertiary/aromatic N) is 5. The number of fused-ring (bicyclic) bond motifs is 2. The van der Waals surface area contributed by atoms with Crippen LogP contribution >= 0.6 is 0 Å². The van der Waals surface area contributed by atoms with E-state index in [-0.39, 0.29) is 24.0 Å². The number of aromatic nitrogens is 4. The zero-order valence-corrected chi connectivity index (χ0v) is 14.2. The Morgan fingerprint density at radius 2 is 1.74 bits per heavy atom. The Labute approximate surface area is 152 Å². The van der Waals surface area contributed by atoms with Gasteiger partial charge >= 0.3 is 5.97 Å². The number of carbonyl (C=O) groups is 3. The van der Waals surface area contributed by atoms with E-state index in [1.54, 1.807) is 24.3 Å². The van der Waals surface area contributed by atoms with Crippen LogP contribution in [-0.2, 0) is 16.1 Å². The van der Waals surface area contributed by atoms with Crippen molar-refractivity contribution < 1.29 is 24.0 Å². The monoisotopic (exact) mass is 367 g/mol. The van der Waals surface area contributed by atoms with Gasteiger partial charge in [0.2, 0.25) is 5.88 Å². The molecular formula is C17H13N5O5. The minimum atomic E-state index is -0.746. The molecule has 1 aromatic carbocycles. The maximum Gasteiger partial charge on any atom is 0.333 e. The van der Waals surface area contributed by atoms with Crippen LogP contribution in [0.1, 0.15) is 33.0 Å². The van der Waals surface area contributed by atoms with Crippen LogP contribution in [0.15, 0.2) is 36.4 Å². The fourth-order valence-electron chi connectivity index (χ4n) is 2.69. The smallest absolute Gasteiger partial charge is 0.333 e. The van der Waals surface area contributed by atoms with Gasteiger partial charge in [-0.3, -0.25) is 9.59 Å². The highest BCUT2D eigenvalue weighted by atomic mass is 16.7. The lowest BCUT2D eigenvalue weighted by Gasteiger charge is -2.12. The number of rotatable bonds is 5. The first-order valence-corrected chi connectivity index (χ1v) is 8.02. The number of methoxy groups -OCH3 is 1. The number of hydrogen-bond acceptors (Lipinski definition) is 8. The van der Waals surface area contributed by atoms with E-state index in [2.05, 4.69) is 15.3 Å². The second-order valence-electron chi connectivity index (χ2n) is 5.68. The lowest BCUT2D eigenvalue weighted by molar-refractivity contribution is -0.168. The van der Waals surface area contributed by atoms with Crippen molar-refractivity contribution in [2.24, 2.45) is 0 Å². The molecule has 3 aromatic rings. The topological polar surface area (TPSA) is 116 Å². The van der Waals surface area contributed by atoms with Crippen LogP contribution in [0.2, 0.25) is 0 Å². The third-order valence-corrected chi connectivity index (χ3v) is 4.01. The zero-order valence-electron chi connectivity index (χ0n) is 14.2. The third-order valence-electron chi connectivity index (χ3n) is 4.01. The molecule has 1 aliphatic heterocycles. The summed E-state index contributed by atoms with van der Waals surface area (Å²) >= 11 is 0. The Balaban J connectivity index is 1.44. The Morgan fingerprint density at radius 3 is 2.41 bits per heavy atom. The summed E-state index contributed by atoms with van der Waals surface area (Å²) in [5, 5.41) is 12.6. The average molecular weight is 367 g/mol. The minimum Gasteiger partial charge on any atom is -0.480 e. The van der Waals surface area contributed by atoms with Gasteiger partial charge in [0.1, 0.15) is 0 Å². The van der Waals surface area contributed by atoms with Gasteiger partial charge in [0, 0.05) is 12.5 Å². The summed E-state index contributed by atoms with van der Waals surface area (Å²) in [6.07, 6.45) is 0.0381. The van der Waals surface area contributed by atoms with Crippen molar-refractivity contribution >= 4 is 23.4 Å². The minimum absolute atomic E-state index is 0.118. The molecule has 0 saturated heterocycles. The predicted octanol–water partition coefficient (Wildman–Crippen LogP) is 0.820. The van der Waals surface area contributed by atoms with Gasteiger partial charge in [-0.2, -0.15) is 4.52 Å². The lowest BCUT2D eigenvalue weighted by atomic mass is 10.1. The molecule has 136 valence electrons. The Hall–Kier alpha value is -3.82. The summed E-state index contributed by atoms with van der Waals surface area (Å²) in [6, 6.07) is 9.60. The van der Waals surface area contributed by atoms with Gasteiger partial charge in [-0.25, -0.2) is 4.79 Å². The summed E-state index contributed by atoms with van der Waals surface area (Å²) in [5.74, 6) is -1.28. The van der Waals surface area contributed by atoms with Gasteiger partial charge in [-0.15, -0.1) is 15.3 Å². The van der Waals surface area contributed by atoms with Gasteiger partial charge in [-0.1, -0.05) is 17.2 Å². The Bertz CT molecular complexity index is 1040. The first kappa shape index (κ1) is 16.6. The van der Waals surface area contributed by atoms with Gasteiger partial charge in [0.25, 0.3) is 11.8 Å². The van der Waals surface area contributed by atoms with Crippen LogP contribution in [0.5, 0.6) is 5.88 Å². The molecule has 1 aliphatic rings. The van der Waals surface area contributed by atoms with Crippen LogP contribution in [0.3, 0.4) is 0 Å². The average Bonchev–Trinajstić information content (AvgIpc) is 3.20. The molecule has 10 heteroatoms. The summed E-state index contributed by atoms with van der Waals surface area (Å²) in [5.41, 5.74) is 0.907. The van der Waals surface area contributed by atoms with E-state index in [0.29, 0.717) is 22.4 Å². The highest BCUT2D eigenvalue weighted by Crippen LogP contribution is 2.23. The maximum atomic E-state index is 12.2. The molecule has 0 radical (unpaired) electrons. The number of ether oxygens (including phenoxy) is 1. The van der Waals surface area contributed by atoms with Crippen molar-refractivity contribution in [3.8, 4) is 5.88 Å². The molecule has 2 amide bonds. The Kier molecular flexibility index (Phi) is 3.99. The first-order chi connectivity index (χ1) is 13.1. The molecule has 0 unspecified atom stereocenters. The van der Waals surface area contributed by atoms with Crippen molar-refractivity contribution in [1.29, 1.82) is 0 Å². The fraction of sp³-hybridized carbons (Fsp3) is 0.176. The normalized spacial score (nSPS) is 13.1. The van der Waals surface area contributed by atoms with Crippen molar-refractivity contribution in [3.05, 3.63) is 53.3 Å². The molecule has 0 saturated carbocycles. The van der Waals surface area contributed by atoms with Gasteiger partial charge in [0.05, 0.1) is 24.7 Å². The highest BCUT2D eigenvalue weighted by Gasteiger charge is 2.38. The van der Waals surface area contributed by atoms with Gasteiger partial charge < -0.3 is 9.57 Å². The van der Waals surface area contributed by atoms with E-state index in [1.807, 2.05) is 0 Å². The van der Waals surface area contributed by atoms with Crippen LogP contribution in [0, 0.1) is 0 Å². The number of carbonyl (C=O) groups excluding carboxylic acids is 3. The molecule has 0 aliphatic carbocycles. The molecule has 10 nitrogen and oxygen atoms in total. The molecule has 2 aromatic heterocycles. The molecular weight excluding hydrogens is 354 g/mol. The number of benzene rings is 1. The molecule has 0 spiro atoms. The first-order valence-electron chi connectivity index (χ1n) is 8.02. The second-order valence-corrected chi connectivity index (χ2v) is 5.68. The van der Waals surface area contributed by atoms with Crippen molar-refractivity contribution in [1.82, 2.24) is 24.9 Å². The molecule has 0 atom stereocenters. The highest BCUT2D eigenvalue weighted by molar-refractivity contribution is 6.20. The van der Waals surface area contributed by atoms with E-state index in [1.165, 1.54) is 23.8 Å². The quantitative estimate of drug-likeness (QED) is 0.609. The molecule has 3 heterocycles. The molecule has 27 heavy (non-hydrogen) atoms. The van der Waals surface area contributed by atoms with Crippen molar-refractivity contribution in [2.45, 2.75) is 12.8 Å². The second kappa shape index (κ2) is 6.48. The summed E-state index contributed by atoms with van der Waals surface area (Å²) < 4.78 is 6.51. The molecule has 0 fully saturated rings. The van der Waals surface area contributed by atoms with Crippen molar-refractivity contribution in [2.75, 3.05) is 7.11 Å². The third kappa shape index (κ3) is 2.86. The SMILES string of the molecule is COc1ccc2nnc(CCC(=O)ON3C(=O)c4ccccc4C3=O)n2n1. The predicted molar refractivity (Wildman–Crippen MR) is 88.7 cm³/mol. The summed E-state index contributed by atoms with van der Waals surface area (Å²) in [6.45, 7) is 0. The molecule has 4 rings (SSSR count). The van der Waals surface area contributed by atoms with Gasteiger partial charge in [-0.05, 0) is 18.2 Å². The van der Waals surface area contributed by atoms with Gasteiger partial charge in [0.15, 0.2) is 11.5 Å². The number of hydroxylamine groups is 2. The molecule has 0 N–H and O–H groups in total.